The van der Waals surface area contributed by atoms with E-state index in [9.17, 15) is 9.18 Å². The lowest BCUT2D eigenvalue weighted by atomic mass is 10.1. The molecule has 1 aromatic heterocycles. The number of thiazole rings is 1. The molecule has 0 spiro atoms. The molecule has 0 atom stereocenters. The topological polar surface area (TPSA) is 68.0 Å². The molecule has 0 saturated heterocycles. The van der Waals surface area contributed by atoms with E-state index in [-0.39, 0.29) is 11.7 Å². The van der Waals surface area contributed by atoms with Gasteiger partial charge in [0.2, 0.25) is 0 Å². The van der Waals surface area contributed by atoms with Gasteiger partial charge in [0.1, 0.15) is 10.8 Å². The average Bonchev–Trinajstić information content (AvgIpc) is 2.89. The van der Waals surface area contributed by atoms with Crippen LogP contribution in [-0.2, 0) is 0 Å². The van der Waals surface area contributed by atoms with E-state index in [2.05, 4.69) is 10.4 Å². The average molecular weight is 287 g/mol. The SMILES string of the molecule is NNC(=O)c1cccc(-c2nc3ccc(F)cc3s2)c1. The number of carbonyl (C=O) groups excluding carboxylic acids is 1. The Balaban J connectivity index is 2.08. The van der Waals surface area contributed by atoms with Crippen LogP contribution in [0.4, 0.5) is 4.39 Å². The predicted octanol–water partition coefficient (Wildman–Crippen LogP) is 2.71. The number of nitrogens with zero attached hydrogens (tertiary/aromatic N) is 1. The molecule has 100 valence electrons. The second-order valence-corrected chi connectivity index (χ2v) is 5.22. The van der Waals surface area contributed by atoms with Crippen molar-refractivity contribution in [3.63, 3.8) is 0 Å². The molecule has 0 fully saturated rings. The van der Waals surface area contributed by atoms with E-state index in [1.54, 1.807) is 24.3 Å². The first-order valence-corrected chi connectivity index (χ1v) is 6.66. The minimum atomic E-state index is -0.362. The van der Waals surface area contributed by atoms with E-state index in [1.165, 1.54) is 23.5 Å². The number of fused-ring (bicyclic) bond motifs is 1. The number of carbonyl (C=O) groups is 1. The highest BCUT2D eigenvalue weighted by Crippen LogP contribution is 2.30. The molecule has 3 N–H and O–H groups in total. The summed E-state index contributed by atoms with van der Waals surface area (Å²) in [4.78, 5) is 16.0. The third-order valence-corrected chi connectivity index (χ3v) is 3.92. The van der Waals surface area contributed by atoms with Gasteiger partial charge >= 0.3 is 0 Å². The molecule has 4 nitrogen and oxygen atoms in total. The number of nitrogen functional groups attached to an aromatic ring is 1. The molecule has 6 heteroatoms. The van der Waals surface area contributed by atoms with E-state index in [4.69, 9.17) is 5.84 Å². The molecule has 0 saturated carbocycles. The molecule has 3 rings (SSSR count). The van der Waals surface area contributed by atoms with Crippen molar-refractivity contribution in [1.29, 1.82) is 0 Å². The van der Waals surface area contributed by atoms with Gasteiger partial charge in [-0.25, -0.2) is 15.2 Å². The number of benzene rings is 2. The number of halogens is 1. The van der Waals surface area contributed by atoms with Gasteiger partial charge in [-0.05, 0) is 30.3 Å². The van der Waals surface area contributed by atoms with E-state index in [0.717, 1.165) is 20.8 Å². The second-order valence-electron chi connectivity index (χ2n) is 4.19. The van der Waals surface area contributed by atoms with Gasteiger partial charge < -0.3 is 0 Å². The number of nitrogens with one attached hydrogen (secondary N) is 1. The Labute approximate surface area is 118 Å². The summed E-state index contributed by atoms with van der Waals surface area (Å²) in [5, 5.41) is 0.734. The van der Waals surface area contributed by atoms with Gasteiger partial charge in [-0.2, -0.15) is 0 Å². The van der Waals surface area contributed by atoms with Crippen LogP contribution >= 0.6 is 11.3 Å². The second kappa shape index (κ2) is 4.99. The van der Waals surface area contributed by atoms with Gasteiger partial charge in [0.05, 0.1) is 10.2 Å². The monoisotopic (exact) mass is 287 g/mol. The molecular weight excluding hydrogens is 277 g/mol. The summed E-state index contributed by atoms with van der Waals surface area (Å²) in [6, 6.07) is 11.4. The van der Waals surface area contributed by atoms with Gasteiger partial charge in [0, 0.05) is 11.1 Å². The highest BCUT2D eigenvalue weighted by atomic mass is 32.1. The third kappa shape index (κ3) is 2.26. The first-order chi connectivity index (χ1) is 9.67. The van der Waals surface area contributed by atoms with E-state index >= 15 is 0 Å². The van der Waals surface area contributed by atoms with Crippen LogP contribution < -0.4 is 11.3 Å². The zero-order chi connectivity index (χ0) is 14.1. The minimum Gasteiger partial charge on any atom is -0.290 e. The van der Waals surface area contributed by atoms with Crippen LogP contribution in [0.5, 0.6) is 0 Å². The highest BCUT2D eigenvalue weighted by molar-refractivity contribution is 7.21. The molecular formula is C14H10FN3OS. The van der Waals surface area contributed by atoms with Gasteiger partial charge in [-0.3, -0.25) is 10.2 Å². The van der Waals surface area contributed by atoms with Crippen molar-refractivity contribution in [3.8, 4) is 10.6 Å². The summed E-state index contributed by atoms with van der Waals surface area (Å²) in [7, 11) is 0. The Morgan fingerprint density at radius 3 is 2.90 bits per heavy atom. The van der Waals surface area contributed by atoms with Crippen LogP contribution in [0.3, 0.4) is 0 Å². The molecule has 2 aromatic carbocycles. The summed E-state index contributed by atoms with van der Waals surface area (Å²) < 4.78 is 13.9. The smallest absolute Gasteiger partial charge is 0.265 e. The maximum absolute atomic E-state index is 13.2. The lowest BCUT2D eigenvalue weighted by Crippen LogP contribution is -2.29. The first kappa shape index (κ1) is 12.7. The molecule has 3 aromatic rings. The summed E-state index contributed by atoms with van der Waals surface area (Å²) in [6.07, 6.45) is 0. The fraction of sp³-hybridized carbons (Fsp3) is 0. The Morgan fingerprint density at radius 2 is 2.10 bits per heavy atom. The Kier molecular flexibility index (Phi) is 3.17. The van der Waals surface area contributed by atoms with Gasteiger partial charge in [-0.15, -0.1) is 11.3 Å². The highest BCUT2D eigenvalue weighted by Gasteiger charge is 2.10. The van der Waals surface area contributed by atoms with Crippen molar-refractivity contribution in [2.45, 2.75) is 0 Å². The minimum absolute atomic E-state index is 0.288. The van der Waals surface area contributed by atoms with Crippen LogP contribution in [0, 0.1) is 5.82 Å². The molecule has 0 radical (unpaired) electrons. The standard InChI is InChI=1S/C14H10FN3OS/c15-10-4-5-11-12(7-10)20-14(17-11)9-3-1-2-8(6-9)13(19)18-16/h1-7H,16H2,(H,18,19). The van der Waals surface area contributed by atoms with Gasteiger partial charge in [0.25, 0.3) is 5.91 Å². The van der Waals surface area contributed by atoms with Gasteiger partial charge in [0.15, 0.2) is 0 Å². The lowest BCUT2D eigenvalue weighted by Gasteiger charge is -2.01. The molecule has 1 amide bonds. The van der Waals surface area contributed by atoms with Crippen LogP contribution in [0.25, 0.3) is 20.8 Å². The summed E-state index contributed by atoms with van der Waals surface area (Å²) >= 11 is 1.38. The largest absolute Gasteiger partial charge is 0.290 e. The van der Waals surface area contributed by atoms with Crippen LogP contribution in [0.2, 0.25) is 0 Å². The maximum Gasteiger partial charge on any atom is 0.265 e. The fourth-order valence-electron chi connectivity index (χ4n) is 1.90. The van der Waals surface area contributed by atoms with Crippen LogP contribution in [0.15, 0.2) is 42.5 Å². The molecule has 0 bridgehead atoms. The van der Waals surface area contributed by atoms with Gasteiger partial charge in [-0.1, -0.05) is 12.1 Å². The Morgan fingerprint density at radius 1 is 1.25 bits per heavy atom. The van der Waals surface area contributed by atoms with E-state index in [1.807, 2.05) is 6.07 Å². The molecule has 0 unspecified atom stereocenters. The third-order valence-electron chi connectivity index (χ3n) is 2.85. The molecule has 20 heavy (non-hydrogen) atoms. The quantitative estimate of drug-likeness (QED) is 0.432. The molecule has 0 aliphatic rings. The van der Waals surface area contributed by atoms with Crippen molar-refractivity contribution in [3.05, 3.63) is 53.8 Å². The molecule has 0 aliphatic carbocycles. The molecule has 0 aliphatic heterocycles. The Hall–Kier alpha value is -2.31. The maximum atomic E-state index is 13.2. The number of amides is 1. The van der Waals surface area contributed by atoms with E-state index < -0.39 is 0 Å². The van der Waals surface area contributed by atoms with Crippen molar-refractivity contribution >= 4 is 27.5 Å². The summed E-state index contributed by atoms with van der Waals surface area (Å²) in [5.41, 5.74) is 4.08. The first-order valence-electron chi connectivity index (χ1n) is 5.85. The lowest BCUT2D eigenvalue weighted by molar-refractivity contribution is 0.0953. The molecule has 1 heterocycles. The summed E-state index contributed by atoms with van der Waals surface area (Å²) in [5.74, 6) is 4.47. The van der Waals surface area contributed by atoms with E-state index in [0.29, 0.717) is 5.56 Å². The number of rotatable bonds is 2. The number of hydrogen-bond acceptors (Lipinski definition) is 4. The number of aromatic nitrogens is 1. The van der Waals surface area contributed by atoms with Crippen molar-refractivity contribution in [2.24, 2.45) is 5.84 Å². The summed E-state index contributed by atoms with van der Waals surface area (Å²) in [6.45, 7) is 0. The fourth-order valence-corrected chi connectivity index (χ4v) is 2.89. The predicted molar refractivity (Wildman–Crippen MR) is 76.7 cm³/mol. The number of hydrazine groups is 1. The normalized spacial score (nSPS) is 10.7. The van der Waals surface area contributed by atoms with Crippen LogP contribution in [0.1, 0.15) is 10.4 Å². The zero-order valence-electron chi connectivity index (χ0n) is 10.3. The van der Waals surface area contributed by atoms with Crippen molar-refractivity contribution in [1.82, 2.24) is 10.4 Å². The van der Waals surface area contributed by atoms with Crippen molar-refractivity contribution in [2.75, 3.05) is 0 Å². The zero-order valence-corrected chi connectivity index (χ0v) is 11.1. The number of nitrogens with two attached hydrogens (primary N) is 1. The van der Waals surface area contributed by atoms with Crippen LogP contribution in [-0.4, -0.2) is 10.9 Å². The Bertz CT molecular complexity index is 800. The number of hydrogen-bond donors (Lipinski definition) is 2. The van der Waals surface area contributed by atoms with Crippen molar-refractivity contribution < 1.29 is 9.18 Å².